The lowest BCUT2D eigenvalue weighted by Gasteiger charge is -2.64. The molecule has 3 N–H and O–H groups in total. The molecule has 2 bridgehead atoms. The number of aliphatic hydroxyl groups is 2. The molecule has 1 heterocycles. The number of hydrogen-bond acceptors (Lipinski definition) is 4. The molecule has 25 heavy (non-hydrogen) atoms. The molecule has 2 saturated carbocycles. The fourth-order valence-corrected chi connectivity index (χ4v) is 6.49. The molecule has 0 radical (unpaired) electrons. The number of fused-ring (bicyclic) bond motifs is 1. The van der Waals surface area contributed by atoms with Gasteiger partial charge in [0.25, 0.3) is 0 Å². The van der Waals surface area contributed by atoms with Gasteiger partial charge in [0.05, 0.1) is 11.7 Å². The van der Waals surface area contributed by atoms with Gasteiger partial charge in [0.15, 0.2) is 0 Å². The SMILES string of the molecule is Oc1ccc2c(c1)[C@@]13CCCC[C@@]1(O)C(C2)N(CC1CC(O)C1)CC3. The quantitative estimate of drug-likeness (QED) is 0.771. The molecule has 0 amide bonds. The van der Waals surface area contributed by atoms with E-state index >= 15 is 0 Å². The van der Waals surface area contributed by atoms with Crippen LogP contribution in [0.15, 0.2) is 18.2 Å². The minimum absolute atomic E-state index is 0.110. The Bertz CT molecular complexity index is 686. The van der Waals surface area contributed by atoms with Crippen LogP contribution in [-0.2, 0) is 11.8 Å². The summed E-state index contributed by atoms with van der Waals surface area (Å²) in [6.45, 7) is 2.03. The molecule has 3 atom stereocenters. The number of likely N-dealkylation sites (tertiary alicyclic amines) is 1. The Morgan fingerprint density at radius 2 is 1.92 bits per heavy atom. The second-order valence-electron chi connectivity index (χ2n) is 9.01. The lowest BCUT2D eigenvalue weighted by molar-refractivity contribution is -0.171. The Kier molecular flexibility index (Phi) is 3.51. The Hall–Kier alpha value is -1.10. The Morgan fingerprint density at radius 3 is 2.72 bits per heavy atom. The summed E-state index contributed by atoms with van der Waals surface area (Å²) >= 11 is 0. The molecule has 1 aliphatic heterocycles. The predicted octanol–water partition coefficient (Wildman–Crippen LogP) is 2.34. The minimum atomic E-state index is -0.674. The maximum Gasteiger partial charge on any atom is 0.115 e. The van der Waals surface area contributed by atoms with Gasteiger partial charge in [-0.1, -0.05) is 18.9 Å². The molecule has 1 aromatic carbocycles. The summed E-state index contributed by atoms with van der Waals surface area (Å²) in [6.07, 6.45) is 7.74. The first kappa shape index (κ1) is 16.1. The van der Waals surface area contributed by atoms with Gasteiger partial charge < -0.3 is 15.3 Å². The normalized spacial score (nSPS) is 43.0. The van der Waals surface area contributed by atoms with Gasteiger partial charge in [0, 0.05) is 18.0 Å². The number of phenolic OH excluding ortho intramolecular Hbond substituents is 1. The fraction of sp³-hybridized carbons (Fsp3) is 0.714. The van der Waals surface area contributed by atoms with Crippen LogP contribution in [0, 0.1) is 5.92 Å². The highest BCUT2D eigenvalue weighted by atomic mass is 16.3. The molecule has 1 aromatic rings. The van der Waals surface area contributed by atoms with Crippen molar-refractivity contribution >= 4 is 0 Å². The van der Waals surface area contributed by atoms with Crippen molar-refractivity contribution in [3.8, 4) is 5.75 Å². The van der Waals surface area contributed by atoms with Crippen molar-refractivity contribution in [2.75, 3.05) is 13.1 Å². The maximum atomic E-state index is 12.0. The van der Waals surface area contributed by atoms with Crippen LogP contribution in [0.5, 0.6) is 5.75 Å². The first-order chi connectivity index (χ1) is 12.0. The van der Waals surface area contributed by atoms with Crippen molar-refractivity contribution in [3.05, 3.63) is 29.3 Å². The molecule has 4 aliphatic rings. The average Bonchev–Trinajstić information content (AvgIpc) is 2.56. The monoisotopic (exact) mass is 343 g/mol. The number of benzene rings is 1. The van der Waals surface area contributed by atoms with Crippen molar-refractivity contribution < 1.29 is 15.3 Å². The standard InChI is InChI=1S/C21H29NO3/c23-16-4-3-15-11-19-21(25)6-2-1-5-20(21,18(15)12-16)7-8-22(19)13-14-9-17(24)10-14/h3-4,12,14,17,19,23-25H,1-2,5-11,13H2/t14?,17?,19?,20-,21+/m0/s1. The topological polar surface area (TPSA) is 63.9 Å². The lowest BCUT2D eigenvalue weighted by atomic mass is 9.49. The number of hydrogen-bond donors (Lipinski definition) is 3. The molecule has 1 saturated heterocycles. The van der Waals surface area contributed by atoms with Crippen LogP contribution in [0.4, 0.5) is 0 Å². The van der Waals surface area contributed by atoms with E-state index < -0.39 is 5.60 Å². The minimum Gasteiger partial charge on any atom is -0.508 e. The van der Waals surface area contributed by atoms with E-state index in [1.807, 2.05) is 6.07 Å². The molecular weight excluding hydrogens is 314 g/mol. The zero-order valence-electron chi connectivity index (χ0n) is 14.8. The van der Waals surface area contributed by atoms with Crippen molar-refractivity contribution in [3.63, 3.8) is 0 Å². The smallest absolute Gasteiger partial charge is 0.115 e. The number of rotatable bonds is 2. The number of phenols is 1. The highest BCUT2D eigenvalue weighted by molar-refractivity contribution is 5.48. The van der Waals surface area contributed by atoms with E-state index in [2.05, 4.69) is 11.0 Å². The maximum absolute atomic E-state index is 12.0. The summed E-state index contributed by atoms with van der Waals surface area (Å²) in [5, 5.41) is 31.7. The van der Waals surface area contributed by atoms with Gasteiger partial charge in [-0.05, 0) is 74.2 Å². The molecule has 5 rings (SSSR count). The number of piperidine rings is 1. The first-order valence-corrected chi connectivity index (χ1v) is 9.99. The van der Waals surface area contributed by atoms with E-state index in [4.69, 9.17) is 0 Å². The van der Waals surface area contributed by atoms with Gasteiger partial charge in [-0.15, -0.1) is 0 Å². The number of nitrogens with zero attached hydrogens (tertiary/aromatic N) is 1. The van der Waals surface area contributed by atoms with Gasteiger partial charge >= 0.3 is 0 Å². The van der Waals surface area contributed by atoms with Crippen LogP contribution in [-0.4, -0.2) is 51.1 Å². The zero-order chi connectivity index (χ0) is 17.2. The van der Waals surface area contributed by atoms with E-state index in [1.54, 1.807) is 6.07 Å². The largest absolute Gasteiger partial charge is 0.508 e. The Labute approximate surface area is 149 Å². The molecule has 3 fully saturated rings. The average molecular weight is 343 g/mol. The molecule has 136 valence electrons. The lowest BCUT2D eigenvalue weighted by Crippen LogP contribution is -2.72. The number of aromatic hydroxyl groups is 1. The predicted molar refractivity (Wildman–Crippen MR) is 95.6 cm³/mol. The fourth-order valence-electron chi connectivity index (χ4n) is 6.49. The third kappa shape index (κ3) is 2.17. The summed E-state index contributed by atoms with van der Waals surface area (Å²) < 4.78 is 0. The zero-order valence-corrected chi connectivity index (χ0v) is 14.8. The van der Waals surface area contributed by atoms with Crippen LogP contribution < -0.4 is 0 Å². The molecule has 0 spiro atoms. The molecule has 4 nitrogen and oxygen atoms in total. The molecular formula is C21H29NO3. The van der Waals surface area contributed by atoms with Crippen LogP contribution in [0.2, 0.25) is 0 Å². The van der Waals surface area contributed by atoms with Gasteiger partial charge in [-0.2, -0.15) is 0 Å². The second kappa shape index (κ2) is 5.45. The van der Waals surface area contributed by atoms with Gasteiger partial charge in [0.1, 0.15) is 5.75 Å². The molecule has 0 aromatic heterocycles. The van der Waals surface area contributed by atoms with E-state index in [1.165, 1.54) is 17.5 Å². The van der Waals surface area contributed by atoms with Crippen LogP contribution >= 0.6 is 0 Å². The highest BCUT2D eigenvalue weighted by Crippen LogP contribution is 2.58. The molecule has 3 aliphatic carbocycles. The van der Waals surface area contributed by atoms with Crippen LogP contribution in [0.25, 0.3) is 0 Å². The highest BCUT2D eigenvalue weighted by Gasteiger charge is 2.63. The van der Waals surface area contributed by atoms with Crippen LogP contribution in [0.3, 0.4) is 0 Å². The van der Waals surface area contributed by atoms with E-state index in [0.29, 0.717) is 11.7 Å². The second-order valence-corrected chi connectivity index (χ2v) is 9.01. The summed E-state index contributed by atoms with van der Waals surface area (Å²) in [4.78, 5) is 2.52. The Balaban J connectivity index is 1.54. The van der Waals surface area contributed by atoms with E-state index in [9.17, 15) is 15.3 Å². The van der Waals surface area contributed by atoms with Crippen molar-refractivity contribution in [2.24, 2.45) is 5.92 Å². The molecule has 1 unspecified atom stereocenters. The molecule has 4 heteroatoms. The van der Waals surface area contributed by atoms with Gasteiger partial charge in [-0.25, -0.2) is 0 Å². The third-order valence-electron chi connectivity index (χ3n) is 7.78. The summed E-state index contributed by atoms with van der Waals surface area (Å²) in [5.41, 5.74) is 1.67. The van der Waals surface area contributed by atoms with Crippen LogP contribution in [0.1, 0.15) is 56.1 Å². The summed E-state index contributed by atoms with van der Waals surface area (Å²) in [7, 11) is 0. The third-order valence-corrected chi connectivity index (χ3v) is 7.78. The van der Waals surface area contributed by atoms with E-state index in [-0.39, 0.29) is 17.6 Å². The van der Waals surface area contributed by atoms with Crippen molar-refractivity contribution in [1.29, 1.82) is 0 Å². The Morgan fingerprint density at radius 1 is 1.12 bits per heavy atom. The summed E-state index contributed by atoms with van der Waals surface area (Å²) in [6, 6.07) is 5.98. The van der Waals surface area contributed by atoms with Crippen molar-refractivity contribution in [1.82, 2.24) is 4.90 Å². The summed E-state index contributed by atoms with van der Waals surface area (Å²) in [5.74, 6) is 0.904. The van der Waals surface area contributed by atoms with Crippen molar-refractivity contribution in [2.45, 2.75) is 74.5 Å². The number of aliphatic hydroxyl groups excluding tert-OH is 1. The van der Waals surface area contributed by atoms with Gasteiger partial charge in [-0.3, -0.25) is 4.90 Å². The first-order valence-electron chi connectivity index (χ1n) is 9.99. The van der Waals surface area contributed by atoms with E-state index in [0.717, 1.165) is 58.0 Å². The van der Waals surface area contributed by atoms with Gasteiger partial charge in [0.2, 0.25) is 0 Å².